The van der Waals surface area contributed by atoms with E-state index in [-0.39, 0.29) is 48.4 Å². The predicted molar refractivity (Wildman–Crippen MR) is 105 cm³/mol. The highest BCUT2D eigenvalue weighted by molar-refractivity contribution is 5.79. The molecule has 172 valence electrons. The highest BCUT2D eigenvalue weighted by atomic mass is 19.4. The lowest BCUT2D eigenvalue weighted by atomic mass is 9.44. The van der Waals surface area contributed by atoms with Crippen LogP contribution in [0.4, 0.5) is 17.6 Å². The van der Waals surface area contributed by atoms with Gasteiger partial charge >= 0.3 is 6.36 Å². The average Bonchev–Trinajstić information content (AvgIpc) is 3.10. The Kier molecular flexibility index (Phi) is 4.86. The summed E-state index contributed by atoms with van der Waals surface area (Å²) in [5.41, 5.74) is 1.88. The zero-order valence-corrected chi connectivity index (χ0v) is 17.4. The van der Waals surface area contributed by atoms with Crippen LogP contribution in [0.3, 0.4) is 0 Å². The van der Waals surface area contributed by atoms with Crippen LogP contribution in [0.1, 0.15) is 37.7 Å². The molecule has 1 aromatic carbocycles. The summed E-state index contributed by atoms with van der Waals surface area (Å²) in [6, 6.07) is 4.91. The normalized spacial score (nSPS) is 30.8. The molecule has 2 aromatic rings. The summed E-state index contributed by atoms with van der Waals surface area (Å²) in [4.78, 5) is 16.7. The second kappa shape index (κ2) is 7.28. The summed E-state index contributed by atoms with van der Waals surface area (Å²) >= 11 is 0. The maximum absolute atomic E-state index is 13.5. The summed E-state index contributed by atoms with van der Waals surface area (Å²) < 4.78 is 61.3. The largest absolute Gasteiger partial charge is 0.522 e. The van der Waals surface area contributed by atoms with Crippen LogP contribution in [0.15, 0.2) is 30.7 Å². The molecule has 4 saturated carbocycles. The number of carbonyl (C=O) groups excluding carboxylic acids is 1. The number of ether oxygens (including phenoxy) is 2. The van der Waals surface area contributed by atoms with Gasteiger partial charge in [0, 0.05) is 30.1 Å². The molecule has 0 aliphatic heterocycles. The van der Waals surface area contributed by atoms with E-state index in [9.17, 15) is 22.4 Å². The fraction of sp³-hybridized carbons (Fsp3) is 0.545. The first-order chi connectivity index (χ1) is 15.0. The van der Waals surface area contributed by atoms with Crippen LogP contribution in [0, 0.1) is 12.7 Å². The molecule has 1 heterocycles. The van der Waals surface area contributed by atoms with Crippen molar-refractivity contribution in [3.63, 3.8) is 0 Å². The molecule has 6 rings (SSSR count). The van der Waals surface area contributed by atoms with Crippen molar-refractivity contribution in [1.29, 1.82) is 0 Å². The van der Waals surface area contributed by atoms with Gasteiger partial charge in [-0.2, -0.15) is 0 Å². The summed E-state index contributed by atoms with van der Waals surface area (Å²) in [5.74, 6) is -0.507. The van der Waals surface area contributed by atoms with Gasteiger partial charge in [0.25, 0.3) is 0 Å². The molecule has 0 saturated heterocycles. The third-order valence-corrected chi connectivity index (χ3v) is 6.79. The predicted octanol–water partition coefficient (Wildman–Crippen LogP) is 3.83. The minimum Gasteiger partial charge on any atom is -0.368 e. The minimum absolute atomic E-state index is 0.0649. The Morgan fingerprint density at radius 3 is 2.62 bits per heavy atom. The third-order valence-electron chi connectivity index (χ3n) is 6.79. The quantitative estimate of drug-likeness (QED) is 0.648. The Balaban J connectivity index is 1.08. The lowest BCUT2D eigenvalue weighted by Crippen LogP contribution is -2.78. The summed E-state index contributed by atoms with van der Waals surface area (Å²) in [5, 5.41) is 3.01. The Morgan fingerprint density at radius 1 is 1.25 bits per heavy atom. The van der Waals surface area contributed by atoms with Crippen molar-refractivity contribution in [1.82, 2.24) is 14.9 Å². The molecule has 4 aliphatic carbocycles. The van der Waals surface area contributed by atoms with Gasteiger partial charge in [-0.15, -0.1) is 13.2 Å². The highest BCUT2D eigenvalue weighted by Gasteiger charge is 2.69. The molecule has 32 heavy (non-hydrogen) atoms. The maximum Gasteiger partial charge on any atom is 0.522 e. The molecule has 0 atom stereocenters. The van der Waals surface area contributed by atoms with E-state index in [1.165, 1.54) is 6.07 Å². The van der Waals surface area contributed by atoms with E-state index in [1.807, 2.05) is 6.20 Å². The van der Waals surface area contributed by atoms with Gasteiger partial charge in [-0.25, -0.2) is 9.37 Å². The molecule has 1 aromatic heterocycles. The number of rotatable bonds is 7. The molecule has 1 amide bonds. The molecular weight excluding hydrogens is 430 g/mol. The fourth-order valence-electron chi connectivity index (χ4n) is 5.14. The zero-order valence-electron chi connectivity index (χ0n) is 17.4. The number of carbonyl (C=O) groups is 1. The number of halogens is 4. The van der Waals surface area contributed by atoms with E-state index < -0.39 is 12.5 Å². The van der Waals surface area contributed by atoms with Gasteiger partial charge in [0.15, 0.2) is 0 Å². The number of hydrogen-bond acceptors (Lipinski definition) is 4. The minimum atomic E-state index is -4.64. The average molecular weight is 453 g/mol. The summed E-state index contributed by atoms with van der Waals surface area (Å²) in [6.07, 6.45) is 0.454. The standard InChI is InChI=1S/C22H23F4N3O3/c1-13-4-14(2-3-17(13)23)18-7-29(12-27-18)21-9-20(10-21,11-21)28-19(30)8-31-15-5-16(6-15)32-22(24,25)26/h2-4,7,12,15-16H,5-6,8-11H2,1H3,(H,28,30)/t15-,16+,20?,21?. The SMILES string of the molecule is Cc1cc(-c2cn(C34CC(NC(=O)CO[C@H]5C[C@@H](OC(F)(F)F)C5)(C3)C4)cn2)ccc1F. The van der Waals surface area contributed by atoms with Gasteiger partial charge in [0.05, 0.1) is 29.8 Å². The van der Waals surface area contributed by atoms with Crippen molar-refractivity contribution in [2.45, 2.75) is 68.7 Å². The van der Waals surface area contributed by atoms with E-state index in [1.54, 1.807) is 25.4 Å². The fourth-order valence-corrected chi connectivity index (χ4v) is 5.14. The van der Waals surface area contributed by atoms with E-state index in [0.29, 0.717) is 5.56 Å². The van der Waals surface area contributed by atoms with Crippen molar-refractivity contribution >= 4 is 5.91 Å². The number of imidazole rings is 1. The van der Waals surface area contributed by atoms with E-state index in [2.05, 4.69) is 19.6 Å². The Morgan fingerprint density at radius 2 is 1.97 bits per heavy atom. The molecule has 2 bridgehead atoms. The Bertz CT molecular complexity index is 1030. The number of nitrogens with one attached hydrogen (secondary N) is 1. The molecule has 4 fully saturated rings. The van der Waals surface area contributed by atoms with Crippen LogP contribution >= 0.6 is 0 Å². The molecule has 0 unspecified atom stereocenters. The first-order valence-corrected chi connectivity index (χ1v) is 10.5. The lowest BCUT2D eigenvalue weighted by Gasteiger charge is -2.70. The third kappa shape index (κ3) is 3.90. The van der Waals surface area contributed by atoms with E-state index >= 15 is 0 Å². The molecule has 0 spiro atoms. The van der Waals surface area contributed by atoms with Crippen LogP contribution in [0.25, 0.3) is 11.3 Å². The molecule has 1 N–H and O–H groups in total. The van der Waals surface area contributed by atoms with Gasteiger partial charge in [0.2, 0.25) is 5.91 Å². The number of hydrogen-bond donors (Lipinski definition) is 1. The number of aryl methyl sites for hydroxylation is 1. The summed E-state index contributed by atoms with van der Waals surface area (Å²) in [7, 11) is 0. The van der Waals surface area contributed by atoms with Crippen LogP contribution in [0.2, 0.25) is 0 Å². The number of nitrogens with zero attached hydrogens (tertiary/aromatic N) is 2. The first-order valence-electron chi connectivity index (χ1n) is 10.5. The van der Waals surface area contributed by atoms with Crippen LogP contribution in [-0.4, -0.2) is 46.2 Å². The molecule has 0 radical (unpaired) electrons. The number of amides is 1. The molecule has 6 nitrogen and oxygen atoms in total. The first kappa shape index (κ1) is 21.4. The van der Waals surface area contributed by atoms with Gasteiger partial charge in [-0.1, -0.05) is 0 Å². The molecule has 4 aliphatic rings. The zero-order chi connectivity index (χ0) is 22.7. The van der Waals surface area contributed by atoms with Crippen molar-refractivity contribution < 1.29 is 31.8 Å². The maximum atomic E-state index is 13.5. The smallest absolute Gasteiger partial charge is 0.368 e. The van der Waals surface area contributed by atoms with Gasteiger partial charge in [0.1, 0.15) is 12.4 Å². The summed E-state index contributed by atoms with van der Waals surface area (Å²) in [6.45, 7) is 1.55. The highest BCUT2D eigenvalue weighted by Crippen LogP contribution is 2.65. The van der Waals surface area contributed by atoms with Crippen molar-refractivity contribution in [3.8, 4) is 11.3 Å². The van der Waals surface area contributed by atoms with Gasteiger partial charge in [-0.3, -0.25) is 9.53 Å². The monoisotopic (exact) mass is 453 g/mol. The van der Waals surface area contributed by atoms with E-state index in [0.717, 1.165) is 30.5 Å². The van der Waals surface area contributed by atoms with Crippen LogP contribution in [-0.2, 0) is 19.8 Å². The lowest BCUT2D eigenvalue weighted by molar-refractivity contribution is -0.357. The molecule has 10 heteroatoms. The van der Waals surface area contributed by atoms with Crippen molar-refractivity contribution in [3.05, 3.63) is 42.1 Å². The second-order valence-electron chi connectivity index (χ2n) is 9.30. The molecular formula is C22H23F4N3O3. The van der Waals surface area contributed by atoms with Gasteiger partial charge in [-0.05, 0) is 49.9 Å². The van der Waals surface area contributed by atoms with E-state index in [4.69, 9.17) is 4.74 Å². The van der Waals surface area contributed by atoms with Crippen LogP contribution < -0.4 is 5.32 Å². The number of alkyl halides is 3. The van der Waals surface area contributed by atoms with Gasteiger partial charge < -0.3 is 14.6 Å². The topological polar surface area (TPSA) is 65.4 Å². The van der Waals surface area contributed by atoms with Crippen molar-refractivity contribution in [2.75, 3.05) is 6.61 Å². The Labute approximate surface area is 181 Å². The number of aromatic nitrogens is 2. The van der Waals surface area contributed by atoms with Crippen LogP contribution in [0.5, 0.6) is 0 Å². The Hall–Kier alpha value is -2.46. The number of benzene rings is 1. The van der Waals surface area contributed by atoms with Crippen molar-refractivity contribution in [2.24, 2.45) is 0 Å². The second-order valence-corrected chi connectivity index (χ2v) is 9.30.